The average molecular weight is 272 g/mol. The number of rotatable bonds is 6. The molecule has 1 fully saturated rings. The van der Waals surface area contributed by atoms with Crippen molar-refractivity contribution in [3.8, 4) is 0 Å². The third-order valence-corrected chi connectivity index (χ3v) is 3.51. The number of carboxylic acids is 1. The maximum absolute atomic E-state index is 12.2. The Labute approximate surface area is 114 Å². The molecule has 0 aromatic heterocycles. The first-order chi connectivity index (χ1) is 9.04. The molecule has 0 aliphatic carbocycles. The van der Waals surface area contributed by atoms with Gasteiger partial charge in [-0.05, 0) is 25.2 Å². The lowest BCUT2D eigenvalue weighted by atomic mass is 9.93. The molecule has 1 N–H and O–H groups in total. The van der Waals surface area contributed by atoms with Crippen LogP contribution >= 0.6 is 0 Å². The van der Waals surface area contributed by atoms with Gasteiger partial charge in [-0.25, -0.2) is 4.79 Å². The van der Waals surface area contributed by atoms with E-state index in [1.807, 2.05) is 4.90 Å². The molecule has 6 heteroatoms. The smallest absolute Gasteiger partial charge is 0.319 e. The van der Waals surface area contributed by atoms with Gasteiger partial charge in [-0.1, -0.05) is 0 Å². The van der Waals surface area contributed by atoms with Gasteiger partial charge in [0.1, 0.15) is 0 Å². The zero-order chi connectivity index (χ0) is 14.3. The molecule has 1 unspecified atom stereocenters. The van der Waals surface area contributed by atoms with Crippen LogP contribution in [0.1, 0.15) is 25.7 Å². The fourth-order valence-electron chi connectivity index (χ4n) is 2.37. The van der Waals surface area contributed by atoms with Gasteiger partial charge >= 0.3 is 12.0 Å². The van der Waals surface area contributed by atoms with E-state index in [-0.39, 0.29) is 12.5 Å². The van der Waals surface area contributed by atoms with E-state index in [0.717, 1.165) is 19.4 Å². The van der Waals surface area contributed by atoms with E-state index in [1.54, 1.807) is 19.1 Å². The Morgan fingerprint density at radius 2 is 2.21 bits per heavy atom. The van der Waals surface area contributed by atoms with Crippen molar-refractivity contribution in [2.75, 3.05) is 40.4 Å². The van der Waals surface area contributed by atoms with Gasteiger partial charge < -0.3 is 19.6 Å². The van der Waals surface area contributed by atoms with Crippen molar-refractivity contribution >= 4 is 12.0 Å². The standard InChI is InChI=1S/C13H24N2O4/c1-14(8-9-19-2)13(18)15-7-3-4-11(10-15)5-6-12(16)17/h11H,3-10H2,1-2H3,(H,16,17). The normalized spacial score (nSPS) is 19.3. The number of ether oxygens (including phenoxy) is 1. The maximum Gasteiger partial charge on any atom is 0.319 e. The first-order valence-electron chi connectivity index (χ1n) is 6.75. The largest absolute Gasteiger partial charge is 0.481 e. The third-order valence-electron chi connectivity index (χ3n) is 3.51. The molecular formula is C13H24N2O4. The SMILES string of the molecule is COCCN(C)C(=O)N1CCCC(CCC(=O)O)C1. The molecular weight excluding hydrogens is 248 g/mol. The second-order valence-corrected chi connectivity index (χ2v) is 5.08. The van der Waals surface area contributed by atoms with Crippen LogP contribution in [-0.2, 0) is 9.53 Å². The minimum absolute atomic E-state index is 0.0112. The van der Waals surface area contributed by atoms with E-state index in [4.69, 9.17) is 9.84 Å². The number of hydrogen-bond acceptors (Lipinski definition) is 3. The third kappa shape index (κ3) is 5.46. The number of likely N-dealkylation sites (N-methyl/N-ethyl adjacent to an activating group) is 1. The fourth-order valence-corrected chi connectivity index (χ4v) is 2.37. The van der Waals surface area contributed by atoms with E-state index in [0.29, 0.717) is 32.0 Å². The van der Waals surface area contributed by atoms with Gasteiger partial charge in [-0.2, -0.15) is 0 Å². The molecule has 1 saturated heterocycles. The second kappa shape index (κ2) is 7.99. The highest BCUT2D eigenvalue weighted by Crippen LogP contribution is 2.21. The molecule has 0 radical (unpaired) electrons. The average Bonchev–Trinajstić information content (AvgIpc) is 2.42. The number of likely N-dealkylation sites (tertiary alicyclic amines) is 1. The number of carboxylic acid groups (broad SMARTS) is 1. The zero-order valence-electron chi connectivity index (χ0n) is 11.8. The minimum atomic E-state index is -0.763. The van der Waals surface area contributed by atoms with Crippen LogP contribution in [0.15, 0.2) is 0 Å². The summed E-state index contributed by atoms with van der Waals surface area (Å²) in [7, 11) is 3.38. The van der Waals surface area contributed by atoms with Crippen LogP contribution in [0, 0.1) is 5.92 Å². The summed E-state index contributed by atoms with van der Waals surface area (Å²) in [5.74, 6) is -0.453. The summed E-state index contributed by atoms with van der Waals surface area (Å²) in [4.78, 5) is 26.2. The topological polar surface area (TPSA) is 70.1 Å². The number of amides is 2. The highest BCUT2D eigenvalue weighted by molar-refractivity contribution is 5.74. The van der Waals surface area contributed by atoms with Gasteiger partial charge in [0.25, 0.3) is 0 Å². The second-order valence-electron chi connectivity index (χ2n) is 5.08. The van der Waals surface area contributed by atoms with Gasteiger partial charge in [0.15, 0.2) is 0 Å². The van der Waals surface area contributed by atoms with Gasteiger partial charge in [0.05, 0.1) is 6.61 Å². The number of nitrogens with zero attached hydrogens (tertiary/aromatic N) is 2. The number of carbonyl (C=O) groups excluding carboxylic acids is 1. The lowest BCUT2D eigenvalue weighted by Crippen LogP contribution is -2.47. The molecule has 1 rings (SSSR count). The molecule has 0 aromatic rings. The van der Waals surface area contributed by atoms with E-state index in [2.05, 4.69) is 0 Å². The van der Waals surface area contributed by atoms with Gasteiger partial charge in [-0.15, -0.1) is 0 Å². The molecule has 0 bridgehead atoms. The highest BCUT2D eigenvalue weighted by atomic mass is 16.5. The van der Waals surface area contributed by atoms with Crippen molar-refractivity contribution in [3.63, 3.8) is 0 Å². The zero-order valence-corrected chi connectivity index (χ0v) is 11.8. The summed E-state index contributed by atoms with van der Waals surface area (Å²) in [6.45, 7) is 2.54. The van der Waals surface area contributed by atoms with Gasteiger partial charge in [0, 0.05) is 40.2 Å². The number of aliphatic carboxylic acids is 1. The Kier molecular flexibility index (Phi) is 6.62. The van der Waals surface area contributed by atoms with Crippen LogP contribution in [-0.4, -0.2) is 67.3 Å². The molecule has 19 heavy (non-hydrogen) atoms. The van der Waals surface area contributed by atoms with Crippen LogP contribution in [0.2, 0.25) is 0 Å². The van der Waals surface area contributed by atoms with Crippen LogP contribution in [0.3, 0.4) is 0 Å². The molecule has 1 atom stereocenters. The van der Waals surface area contributed by atoms with Crippen molar-refractivity contribution < 1.29 is 19.4 Å². The quantitative estimate of drug-likeness (QED) is 0.790. The van der Waals surface area contributed by atoms with Crippen LogP contribution in [0.25, 0.3) is 0 Å². The molecule has 1 heterocycles. The Hall–Kier alpha value is -1.30. The van der Waals surface area contributed by atoms with E-state index in [1.165, 1.54) is 0 Å². The first kappa shape index (κ1) is 15.8. The summed E-state index contributed by atoms with van der Waals surface area (Å²) in [6, 6.07) is 0.0112. The summed E-state index contributed by atoms with van der Waals surface area (Å²) in [5, 5.41) is 8.70. The van der Waals surface area contributed by atoms with Crippen LogP contribution < -0.4 is 0 Å². The van der Waals surface area contributed by atoms with Gasteiger partial charge in [-0.3, -0.25) is 4.79 Å². The monoisotopic (exact) mass is 272 g/mol. The molecule has 1 aliphatic rings. The summed E-state index contributed by atoms with van der Waals surface area (Å²) < 4.78 is 4.96. The number of methoxy groups -OCH3 is 1. The predicted molar refractivity (Wildman–Crippen MR) is 71.1 cm³/mol. The Bertz CT molecular complexity index is 309. The number of urea groups is 1. The van der Waals surface area contributed by atoms with Crippen molar-refractivity contribution in [3.05, 3.63) is 0 Å². The first-order valence-corrected chi connectivity index (χ1v) is 6.75. The van der Waals surface area contributed by atoms with E-state index < -0.39 is 5.97 Å². The number of carbonyl (C=O) groups is 2. The minimum Gasteiger partial charge on any atom is -0.481 e. The van der Waals surface area contributed by atoms with Crippen LogP contribution in [0.5, 0.6) is 0 Å². The lowest BCUT2D eigenvalue weighted by Gasteiger charge is -2.35. The summed E-state index contributed by atoms with van der Waals surface area (Å²) in [6.07, 6.45) is 2.81. The number of piperidine rings is 1. The van der Waals surface area contributed by atoms with Crippen molar-refractivity contribution in [1.29, 1.82) is 0 Å². The highest BCUT2D eigenvalue weighted by Gasteiger charge is 2.25. The van der Waals surface area contributed by atoms with Gasteiger partial charge in [0.2, 0.25) is 0 Å². The van der Waals surface area contributed by atoms with E-state index in [9.17, 15) is 9.59 Å². The summed E-state index contributed by atoms with van der Waals surface area (Å²) >= 11 is 0. The fraction of sp³-hybridized carbons (Fsp3) is 0.846. The molecule has 110 valence electrons. The summed E-state index contributed by atoms with van der Waals surface area (Å²) in [5.41, 5.74) is 0. The predicted octanol–water partition coefficient (Wildman–Crippen LogP) is 1.26. The lowest BCUT2D eigenvalue weighted by molar-refractivity contribution is -0.137. The van der Waals surface area contributed by atoms with Crippen molar-refractivity contribution in [2.24, 2.45) is 5.92 Å². The van der Waals surface area contributed by atoms with Crippen molar-refractivity contribution in [1.82, 2.24) is 9.80 Å². The molecule has 6 nitrogen and oxygen atoms in total. The Morgan fingerprint density at radius 1 is 1.47 bits per heavy atom. The molecule has 0 spiro atoms. The van der Waals surface area contributed by atoms with E-state index >= 15 is 0 Å². The number of hydrogen-bond donors (Lipinski definition) is 1. The van der Waals surface area contributed by atoms with Crippen molar-refractivity contribution in [2.45, 2.75) is 25.7 Å². The Balaban J connectivity index is 2.40. The molecule has 1 aliphatic heterocycles. The Morgan fingerprint density at radius 3 is 2.84 bits per heavy atom. The maximum atomic E-state index is 12.2. The molecule has 0 aromatic carbocycles. The molecule has 2 amide bonds. The van der Waals surface area contributed by atoms with Crippen LogP contribution in [0.4, 0.5) is 4.79 Å². The molecule has 0 saturated carbocycles.